The van der Waals surface area contributed by atoms with Crippen molar-refractivity contribution >= 4 is 5.97 Å². The molecule has 0 saturated carbocycles. The highest BCUT2D eigenvalue weighted by molar-refractivity contribution is 5.88. The first-order valence-corrected chi connectivity index (χ1v) is 4.17. The van der Waals surface area contributed by atoms with Crippen LogP contribution in [0.25, 0.3) is 0 Å². The molecule has 72 valence electrons. The summed E-state index contributed by atoms with van der Waals surface area (Å²) in [5.74, 6) is 4.55. The molecule has 0 aliphatic rings. The summed E-state index contributed by atoms with van der Waals surface area (Å²) in [5.41, 5.74) is 2.55. The zero-order valence-corrected chi connectivity index (χ0v) is 8.42. The van der Waals surface area contributed by atoms with E-state index in [0.717, 1.165) is 17.0 Å². The third kappa shape index (κ3) is 2.91. The van der Waals surface area contributed by atoms with Crippen molar-refractivity contribution in [3.8, 4) is 11.8 Å². The predicted molar refractivity (Wildman–Crippen MR) is 52.6 cm³/mol. The van der Waals surface area contributed by atoms with Crippen molar-refractivity contribution < 1.29 is 9.53 Å². The van der Waals surface area contributed by atoms with Crippen molar-refractivity contribution in [2.24, 2.45) is 0 Å². The number of pyridine rings is 1. The largest absolute Gasteiger partial charge is 0.459 e. The van der Waals surface area contributed by atoms with Crippen LogP contribution >= 0.6 is 0 Å². The maximum absolute atomic E-state index is 10.7. The Bertz CT molecular complexity index is 393. The fraction of sp³-hybridized carbons (Fsp3) is 0.273. The molecule has 1 aromatic rings. The number of nitrogens with zero attached hydrogens (tertiary/aromatic N) is 1. The maximum atomic E-state index is 10.7. The Balaban J connectivity index is 2.95. The van der Waals surface area contributed by atoms with Crippen LogP contribution in [0.1, 0.15) is 17.0 Å². The fourth-order valence-electron chi connectivity index (χ4n) is 1.08. The molecule has 0 bridgehead atoms. The molecule has 14 heavy (non-hydrogen) atoms. The van der Waals surface area contributed by atoms with Crippen molar-refractivity contribution in [2.45, 2.75) is 13.8 Å². The second-order valence-corrected chi connectivity index (χ2v) is 2.88. The number of ether oxygens (including phenoxy) is 1. The number of carbonyl (C=O) groups is 1. The zero-order valence-electron chi connectivity index (χ0n) is 8.42. The van der Waals surface area contributed by atoms with Crippen LogP contribution in [0.3, 0.4) is 0 Å². The lowest BCUT2D eigenvalue weighted by Crippen LogP contribution is -1.95. The van der Waals surface area contributed by atoms with Crippen molar-refractivity contribution in [2.75, 3.05) is 7.11 Å². The molecule has 1 aromatic heterocycles. The van der Waals surface area contributed by atoms with E-state index < -0.39 is 5.97 Å². The SMILES string of the molecule is COC(=O)C#Cc1cc(C)nc(C)c1. The van der Waals surface area contributed by atoms with Crippen LogP contribution in [0.2, 0.25) is 0 Å². The van der Waals surface area contributed by atoms with Gasteiger partial charge in [0.1, 0.15) is 0 Å². The number of carbonyl (C=O) groups excluding carboxylic acids is 1. The molecule has 0 unspecified atom stereocenters. The van der Waals surface area contributed by atoms with Crippen LogP contribution in [0.4, 0.5) is 0 Å². The maximum Gasteiger partial charge on any atom is 0.384 e. The van der Waals surface area contributed by atoms with Crippen molar-refractivity contribution in [3.05, 3.63) is 29.1 Å². The van der Waals surface area contributed by atoms with Gasteiger partial charge in [-0.3, -0.25) is 4.98 Å². The van der Waals surface area contributed by atoms with E-state index in [0.29, 0.717) is 0 Å². The minimum Gasteiger partial charge on any atom is -0.459 e. The van der Waals surface area contributed by atoms with Crippen molar-refractivity contribution in [1.29, 1.82) is 0 Å². The van der Waals surface area contributed by atoms with E-state index in [-0.39, 0.29) is 0 Å². The van der Waals surface area contributed by atoms with Crippen LogP contribution in [0.5, 0.6) is 0 Å². The Morgan fingerprint density at radius 1 is 1.36 bits per heavy atom. The molecule has 3 nitrogen and oxygen atoms in total. The van der Waals surface area contributed by atoms with E-state index in [1.165, 1.54) is 7.11 Å². The average molecular weight is 189 g/mol. The second kappa shape index (κ2) is 4.43. The lowest BCUT2D eigenvalue weighted by atomic mass is 10.2. The minimum absolute atomic E-state index is 0.530. The Kier molecular flexibility index (Phi) is 3.24. The van der Waals surface area contributed by atoms with Gasteiger partial charge in [0.25, 0.3) is 0 Å². The van der Waals surface area contributed by atoms with Gasteiger partial charge in [-0.15, -0.1) is 0 Å². The Labute approximate surface area is 83.1 Å². The lowest BCUT2D eigenvalue weighted by Gasteiger charge is -1.96. The van der Waals surface area contributed by atoms with Gasteiger partial charge in [0.15, 0.2) is 0 Å². The molecular weight excluding hydrogens is 178 g/mol. The van der Waals surface area contributed by atoms with Crippen LogP contribution < -0.4 is 0 Å². The molecule has 3 heteroatoms. The molecule has 0 fully saturated rings. The van der Waals surface area contributed by atoms with Crippen molar-refractivity contribution in [3.63, 3.8) is 0 Å². The van der Waals surface area contributed by atoms with Crippen molar-refractivity contribution in [1.82, 2.24) is 4.98 Å². The molecule has 0 N–H and O–H groups in total. The Morgan fingerprint density at radius 2 is 1.93 bits per heavy atom. The van der Waals surface area contributed by atoms with Gasteiger partial charge in [-0.25, -0.2) is 4.79 Å². The van der Waals surface area contributed by atoms with Gasteiger partial charge < -0.3 is 4.74 Å². The van der Waals surface area contributed by atoms with E-state index in [4.69, 9.17) is 0 Å². The zero-order chi connectivity index (χ0) is 10.6. The molecule has 0 atom stereocenters. The van der Waals surface area contributed by atoms with E-state index >= 15 is 0 Å². The first-order chi connectivity index (χ1) is 6.61. The highest BCUT2D eigenvalue weighted by Crippen LogP contribution is 2.02. The number of hydrogen-bond acceptors (Lipinski definition) is 3. The fourth-order valence-corrected chi connectivity index (χ4v) is 1.08. The molecule has 0 aromatic carbocycles. The minimum atomic E-state index is -0.530. The third-order valence-corrected chi connectivity index (χ3v) is 1.58. The van der Waals surface area contributed by atoms with Gasteiger partial charge >= 0.3 is 5.97 Å². The lowest BCUT2D eigenvalue weighted by molar-refractivity contribution is -0.133. The van der Waals surface area contributed by atoms with Gasteiger partial charge in [-0.2, -0.15) is 0 Å². The quantitative estimate of drug-likeness (QED) is 0.455. The molecule has 0 spiro atoms. The van der Waals surface area contributed by atoms with E-state index in [2.05, 4.69) is 21.6 Å². The molecule has 0 aliphatic heterocycles. The highest BCUT2D eigenvalue weighted by Gasteiger charge is 1.94. The Morgan fingerprint density at radius 3 is 2.43 bits per heavy atom. The number of esters is 1. The van der Waals surface area contributed by atoms with Gasteiger partial charge in [0.2, 0.25) is 0 Å². The van der Waals surface area contributed by atoms with Gasteiger partial charge in [-0.1, -0.05) is 5.92 Å². The molecule has 0 radical (unpaired) electrons. The molecule has 1 heterocycles. The smallest absolute Gasteiger partial charge is 0.384 e. The number of rotatable bonds is 0. The van der Waals surface area contributed by atoms with Crippen LogP contribution in [-0.4, -0.2) is 18.1 Å². The number of methoxy groups -OCH3 is 1. The molecule has 0 amide bonds. The molecule has 0 saturated heterocycles. The molecule has 0 aliphatic carbocycles. The summed E-state index contributed by atoms with van der Waals surface area (Å²) in [6, 6.07) is 3.64. The molecule has 1 rings (SSSR count). The summed E-state index contributed by atoms with van der Waals surface area (Å²) in [6.45, 7) is 3.77. The average Bonchev–Trinajstić information content (AvgIpc) is 2.12. The van der Waals surface area contributed by atoms with Gasteiger partial charge in [-0.05, 0) is 26.0 Å². The van der Waals surface area contributed by atoms with E-state index in [9.17, 15) is 4.79 Å². The van der Waals surface area contributed by atoms with Crippen LogP contribution in [-0.2, 0) is 9.53 Å². The molecular formula is C11H11NO2. The van der Waals surface area contributed by atoms with Gasteiger partial charge in [0, 0.05) is 22.9 Å². The summed E-state index contributed by atoms with van der Waals surface area (Å²) in [4.78, 5) is 14.9. The number of aromatic nitrogens is 1. The topological polar surface area (TPSA) is 39.2 Å². The predicted octanol–water partition coefficient (Wildman–Crippen LogP) is 1.22. The summed E-state index contributed by atoms with van der Waals surface area (Å²) in [6.07, 6.45) is 0. The van der Waals surface area contributed by atoms with Crippen LogP contribution in [0, 0.1) is 25.7 Å². The first kappa shape index (κ1) is 10.3. The highest BCUT2D eigenvalue weighted by atomic mass is 16.5. The van der Waals surface area contributed by atoms with E-state index in [1.54, 1.807) is 0 Å². The van der Waals surface area contributed by atoms with Gasteiger partial charge in [0.05, 0.1) is 7.11 Å². The Hall–Kier alpha value is -1.82. The monoisotopic (exact) mass is 189 g/mol. The van der Waals surface area contributed by atoms with E-state index in [1.807, 2.05) is 26.0 Å². The summed E-state index contributed by atoms with van der Waals surface area (Å²) >= 11 is 0. The second-order valence-electron chi connectivity index (χ2n) is 2.88. The summed E-state index contributed by atoms with van der Waals surface area (Å²) in [7, 11) is 1.31. The van der Waals surface area contributed by atoms with Crippen LogP contribution in [0.15, 0.2) is 12.1 Å². The first-order valence-electron chi connectivity index (χ1n) is 4.17. The number of aryl methyl sites for hydroxylation is 2. The normalized spacial score (nSPS) is 8.79. The number of hydrogen-bond donors (Lipinski definition) is 0. The summed E-state index contributed by atoms with van der Waals surface area (Å²) in [5, 5.41) is 0. The summed E-state index contributed by atoms with van der Waals surface area (Å²) < 4.78 is 4.40. The standard InChI is InChI=1S/C11H11NO2/c1-8-6-10(7-9(2)12-8)4-5-11(13)14-3/h6-7H,1-3H3. The third-order valence-electron chi connectivity index (χ3n) is 1.58.